The van der Waals surface area contributed by atoms with Crippen LogP contribution in [0.1, 0.15) is 31.4 Å². The average molecular weight is 352 g/mol. The van der Waals surface area contributed by atoms with Gasteiger partial charge in [-0.2, -0.15) is 0 Å². The lowest BCUT2D eigenvalue weighted by molar-refractivity contribution is -0.121. The van der Waals surface area contributed by atoms with Crippen molar-refractivity contribution in [2.24, 2.45) is 5.73 Å². The predicted octanol–water partition coefficient (Wildman–Crippen LogP) is 2.67. The molecule has 0 radical (unpaired) electrons. The van der Waals surface area contributed by atoms with E-state index in [0.717, 1.165) is 36.2 Å². The number of para-hydroxylation sites is 1. The van der Waals surface area contributed by atoms with E-state index in [1.165, 1.54) is 12.8 Å². The number of hydrogen-bond acceptors (Lipinski definition) is 4. The van der Waals surface area contributed by atoms with Crippen molar-refractivity contribution in [3.8, 4) is 0 Å². The second kappa shape index (κ2) is 9.06. The summed E-state index contributed by atoms with van der Waals surface area (Å²) in [4.78, 5) is 14.1. The van der Waals surface area contributed by atoms with Crippen molar-refractivity contribution in [2.75, 3.05) is 19.6 Å². The molecular weight excluding hydrogens is 326 g/mol. The topological polar surface area (TPSA) is 71.5 Å². The second-order valence-corrected chi connectivity index (χ2v) is 6.21. The Kier molecular flexibility index (Phi) is 7.09. The van der Waals surface area contributed by atoms with Crippen LogP contribution >= 0.6 is 12.4 Å². The van der Waals surface area contributed by atoms with Crippen LogP contribution in [0.25, 0.3) is 11.0 Å². The molecule has 1 aliphatic heterocycles. The Balaban J connectivity index is 0.00000208. The molecule has 3 N–H and O–H groups in total. The number of hydrogen-bond donors (Lipinski definition) is 2. The third-order valence-corrected chi connectivity index (χ3v) is 4.49. The van der Waals surface area contributed by atoms with E-state index in [2.05, 4.69) is 22.3 Å². The zero-order chi connectivity index (χ0) is 16.1. The molecule has 6 heteroatoms. The van der Waals surface area contributed by atoms with Gasteiger partial charge in [0, 0.05) is 30.9 Å². The zero-order valence-corrected chi connectivity index (χ0v) is 14.7. The highest BCUT2D eigenvalue weighted by atomic mass is 35.5. The summed E-state index contributed by atoms with van der Waals surface area (Å²) in [5, 5.41) is 4.15. The molecular formula is C18H26ClN3O2. The molecule has 0 saturated carbocycles. The number of furan rings is 1. The number of benzene rings is 1. The van der Waals surface area contributed by atoms with Gasteiger partial charge in [0.25, 0.3) is 0 Å². The van der Waals surface area contributed by atoms with Crippen LogP contribution in [0.5, 0.6) is 0 Å². The van der Waals surface area contributed by atoms with Crippen molar-refractivity contribution in [1.82, 2.24) is 10.2 Å². The molecule has 0 spiro atoms. The number of carbonyl (C=O) groups is 1. The van der Waals surface area contributed by atoms with E-state index in [4.69, 9.17) is 10.2 Å². The summed E-state index contributed by atoms with van der Waals surface area (Å²) < 4.78 is 5.94. The van der Waals surface area contributed by atoms with Gasteiger partial charge in [0.1, 0.15) is 11.3 Å². The standard InChI is InChI=1S/C18H25N3O2.ClH/c19-9-8-18(22)20-12-15-6-3-4-10-21(15)13-16-11-14-5-1-2-7-17(14)23-16;/h1-2,5,7,11,15H,3-4,6,8-10,12-13,19H2,(H,20,22);1H. The molecule has 1 aromatic heterocycles. The van der Waals surface area contributed by atoms with Crippen LogP contribution in [0.3, 0.4) is 0 Å². The maximum atomic E-state index is 11.6. The third kappa shape index (κ3) is 4.72. The van der Waals surface area contributed by atoms with Gasteiger partial charge >= 0.3 is 0 Å². The highest BCUT2D eigenvalue weighted by Crippen LogP contribution is 2.23. The van der Waals surface area contributed by atoms with E-state index in [-0.39, 0.29) is 18.3 Å². The quantitative estimate of drug-likeness (QED) is 0.839. The van der Waals surface area contributed by atoms with Gasteiger partial charge in [-0.25, -0.2) is 0 Å². The van der Waals surface area contributed by atoms with Crippen molar-refractivity contribution >= 4 is 29.3 Å². The lowest BCUT2D eigenvalue weighted by atomic mass is 10.0. The van der Waals surface area contributed by atoms with Crippen LogP contribution in [-0.2, 0) is 11.3 Å². The molecule has 1 aliphatic rings. The second-order valence-electron chi connectivity index (χ2n) is 6.21. The SMILES string of the molecule is Cl.NCCC(=O)NCC1CCCCN1Cc1cc2ccccc2o1. The van der Waals surface area contributed by atoms with Crippen LogP contribution in [0.15, 0.2) is 34.7 Å². The van der Waals surface area contributed by atoms with Crippen molar-refractivity contribution in [3.05, 3.63) is 36.1 Å². The highest BCUT2D eigenvalue weighted by molar-refractivity contribution is 5.85. The molecule has 0 bridgehead atoms. The third-order valence-electron chi connectivity index (χ3n) is 4.49. The Bertz CT molecular complexity index is 626. The van der Waals surface area contributed by atoms with Gasteiger partial charge in [-0.05, 0) is 31.5 Å². The summed E-state index contributed by atoms with van der Waals surface area (Å²) in [6, 6.07) is 10.6. The number of piperidine rings is 1. The molecule has 132 valence electrons. The van der Waals surface area contributed by atoms with Crippen LogP contribution in [0.4, 0.5) is 0 Å². The first-order chi connectivity index (χ1) is 11.3. The summed E-state index contributed by atoms with van der Waals surface area (Å²) in [5.41, 5.74) is 6.36. The number of amides is 1. The van der Waals surface area contributed by atoms with Crippen molar-refractivity contribution in [2.45, 2.75) is 38.3 Å². The van der Waals surface area contributed by atoms with Crippen molar-refractivity contribution in [3.63, 3.8) is 0 Å². The molecule has 3 rings (SSSR count). The van der Waals surface area contributed by atoms with E-state index in [1.807, 2.05) is 18.2 Å². The summed E-state index contributed by atoms with van der Waals surface area (Å²) in [7, 11) is 0. The number of carbonyl (C=O) groups excluding carboxylic acids is 1. The minimum Gasteiger partial charge on any atom is -0.460 e. The minimum absolute atomic E-state index is 0. The first kappa shape index (κ1) is 18.8. The van der Waals surface area contributed by atoms with Gasteiger partial charge in [0.15, 0.2) is 0 Å². The van der Waals surface area contributed by atoms with Crippen LogP contribution < -0.4 is 11.1 Å². The largest absolute Gasteiger partial charge is 0.460 e. The molecule has 1 aromatic carbocycles. The fraction of sp³-hybridized carbons (Fsp3) is 0.500. The van der Waals surface area contributed by atoms with Crippen LogP contribution in [0.2, 0.25) is 0 Å². The lowest BCUT2D eigenvalue weighted by Crippen LogP contribution is -2.46. The summed E-state index contributed by atoms with van der Waals surface area (Å²) in [6.07, 6.45) is 3.93. The Morgan fingerprint density at radius 1 is 1.33 bits per heavy atom. The Labute approximate surface area is 149 Å². The first-order valence-corrected chi connectivity index (χ1v) is 8.44. The maximum absolute atomic E-state index is 11.6. The van der Waals surface area contributed by atoms with E-state index in [1.54, 1.807) is 0 Å². The van der Waals surface area contributed by atoms with E-state index in [0.29, 0.717) is 25.6 Å². The fourth-order valence-electron chi connectivity index (χ4n) is 3.27. The molecule has 1 fully saturated rings. The normalized spacial score (nSPS) is 18.3. The Morgan fingerprint density at radius 2 is 2.17 bits per heavy atom. The fourth-order valence-corrected chi connectivity index (χ4v) is 3.27. The number of nitrogens with one attached hydrogen (secondary N) is 1. The molecule has 5 nitrogen and oxygen atoms in total. The molecule has 1 amide bonds. The molecule has 1 saturated heterocycles. The average Bonchev–Trinajstić information content (AvgIpc) is 2.96. The maximum Gasteiger partial charge on any atom is 0.221 e. The molecule has 2 aromatic rings. The Morgan fingerprint density at radius 3 is 2.96 bits per heavy atom. The van der Waals surface area contributed by atoms with Gasteiger partial charge in [-0.1, -0.05) is 24.6 Å². The van der Waals surface area contributed by atoms with Crippen molar-refractivity contribution in [1.29, 1.82) is 0 Å². The zero-order valence-electron chi connectivity index (χ0n) is 13.9. The van der Waals surface area contributed by atoms with Gasteiger partial charge in [0.2, 0.25) is 5.91 Å². The number of fused-ring (bicyclic) bond motifs is 1. The lowest BCUT2D eigenvalue weighted by Gasteiger charge is -2.35. The monoisotopic (exact) mass is 351 g/mol. The molecule has 1 unspecified atom stereocenters. The highest BCUT2D eigenvalue weighted by Gasteiger charge is 2.23. The number of nitrogens with two attached hydrogens (primary N) is 1. The number of halogens is 1. The Hall–Kier alpha value is -1.56. The molecule has 24 heavy (non-hydrogen) atoms. The summed E-state index contributed by atoms with van der Waals surface area (Å²) in [6.45, 7) is 2.94. The molecule has 0 aliphatic carbocycles. The minimum atomic E-state index is 0. The van der Waals surface area contributed by atoms with Gasteiger partial charge in [-0.3, -0.25) is 9.69 Å². The molecule has 2 heterocycles. The van der Waals surface area contributed by atoms with Crippen LogP contribution in [-0.4, -0.2) is 36.5 Å². The van der Waals surface area contributed by atoms with Gasteiger partial charge in [-0.15, -0.1) is 12.4 Å². The summed E-state index contributed by atoms with van der Waals surface area (Å²) in [5.74, 6) is 1.04. The van der Waals surface area contributed by atoms with Gasteiger partial charge < -0.3 is 15.5 Å². The van der Waals surface area contributed by atoms with E-state index >= 15 is 0 Å². The molecule has 1 atom stereocenters. The van der Waals surface area contributed by atoms with E-state index in [9.17, 15) is 4.79 Å². The predicted molar refractivity (Wildman–Crippen MR) is 98.2 cm³/mol. The first-order valence-electron chi connectivity index (χ1n) is 8.44. The van der Waals surface area contributed by atoms with Gasteiger partial charge in [0.05, 0.1) is 6.54 Å². The van der Waals surface area contributed by atoms with Crippen LogP contribution in [0, 0.1) is 0 Å². The number of likely N-dealkylation sites (tertiary alicyclic amines) is 1. The smallest absolute Gasteiger partial charge is 0.221 e. The number of rotatable bonds is 6. The summed E-state index contributed by atoms with van der Waals surface area (Å²) >= 11 is 0. The van der Waals surface area contributed by atoms with E-state index < -0.39 is 0 Å². The number of nitrogens with zero attached hydrogens (tertiary/aromatic N) is 1. The van der Waals surface area contributed by atoms with Crippen molar-refractivity contribution < 1.29 is 9.21 Å².